The van der Waals surface area contributed by atoms with Crippen molar-refractivity contribution >= 4 is 12.0 Å². The van der Waals surface area contributed by atoms with Crippen LogP contribution in [-0.4, -0.2) is 19.7 Å². The second-order valence-corrected chi connectivity index (χ2v) is 5.33. The van der Waals surface area contributed by atoms with Gasteiger partial charge in [-0.1, -0.05) is 41.8 Å². The predicted octanol–water partition coefficient (Wildman–Crippen LogP) is 3.77. The van der Waals surface area contributed by atoms with Crippen LogP contribution in [0.4, 0.5) is 0 Å². The van der Waals surface area contributed by atoms with Crippen molar-refractivity contribution in [3.63, 3.8) is 0 Å². The third-order valence-corrected chi connectivity index (χ3v) is 3.41. The van der Waals surface area contributed by atoms with Crippen molar-refractivity contribution in [2.24, 2.45) is 0 Å². The van der Waals surface area contributed by atoms with Crippen LogP contribution in [0, 0.1) is 19.3 Å². The third-order valence-electron chi connectivity index (χ3n) is 3.41. The van der Waals surface area contributed by atoms with Crippen LogP contribution >= 0.6 is 0 Å². The highest BCUT2D eigenvalue weighted by Crippen LogP contribution is 2.29. The summed E-state index contributed by atoms with van der Waals surface area (Å²) in [4.78, 5) is 11.4. The molecule has 0 radical (unpaired) electrons. The molecule has 2 aromatic rings. The lowest BCUT2D eigenvalue weighted by Crippen LogP contribution is -2.00. The van der Waals surface area contributed by atoms with Gasteiger partial charge < -0.3 is 14.2 Å². The first kappa shape index (κ1) is 18.2. The van der Waals surface area contributed by atoms with Crippen LogP contribution in [0.2, 0.25) is 0 Å². The van der Waals surface area contributed by atoms with Crippen LogP contribution < -0.4 is 9.47 Å². The fourth-order valence-electron chi connectivity index (χ4n) is 2.08. The summed E-state index contributed by atoms with van der Waals surface area (Å²) < 4.78 is 16.0. The normalized spacial score (nSPS) is 10.3. The Morgan fingerprint density at radius 1 is 1.16 bits per heavy atom. The Hall–Kier alpha value is -3.19. The molecule has 0 aromatic heterocycles. The number of benzene rings is 2. The SMILES string of the molecule is C#CCOC(=O)/C=C/c1ccc(OCc2ccc(C)cc2)c(OC)c1. The van der Waals surface area contributed by atoms with Gasteiger partial charge in [-0.15, -0.1) is 6.42 Å². The summed E-state index contributed by atoms with van der Waals surface area (Å²) in [5.74, 6) is 2.97. The summed E-state index contributed by atoms with van der Waals surface area (Å²) in [6.07, 6.45) is 7.98. The Labute approximate surface area is 148 Å². The summed E-state index contributed by atoms with van der Waals surface area (Å²) >= 11 is 0. The number of aryl methyl sites for hydroxylation is 1. The van der Waals surface area contributed by atoms with E-state index < -0.39 is 5.97 Å². The molecule has 0 bridgehead atoms. The maximum absolute atomic E-state index is 11.4. The maximum atomic E-state index is 11.4. The Balaban J connectivity index is 2.03. The lowest BCUT2D eigenvalue weighted by molar-refractivity contribution is -0.136. The molecule has 0 atom stereocenters. The van der Waals surface area contributed by atoms with Gasteiger partial charge in [-0.3, -0.25) is 0 Å². The topological polar surface area (TPSA) is 44.8 Å². The van der Waals surface area contributed by atoms with Gasteiger partial charge in [0.25, 0.3) is 0 Å². The van der Waals surface area contributed by atoms with Crippen molar-refractivity contribution in [3.8, 4) is 23.8 Å². The number of esters is 1. The Bertz CT molecular complexity index is 783. The van der Waals surface area contributed by atoms with E-state index in [1.54, 1.807) is 25.3 Å². The molecule has 2 rings (SSSR count). The average Bonchev–Trinajstić information content (AvgIpc) is 2.64. The van der Waals surface area contributed by atoms with Crippen LogP contribution in [0.1, 0.15) is 16.7 Å². The number of methoxy groups -OCH3 is 1. The molecular weight excluding hydrogens is 316 g/mol. The van der Waals surface area contributed by atoms with Crippen LogP contribution in [0.15, 0.2) is 48.5 Å². The molecule has 128 valence electrons. The fraction of sp³-hybridized carbons (Fsp3) is 0.190. The van der Waals surface area contributed by atoms with E-state index in [1.807, 2.05) is 37.3 Å². The molecule has 0 amide bonds. The van der Waals surface area contributed by atoms with Crippen LogP contribution in [-0.2, 0) is 16.1 Å². The van der Waals surface area contributed by atoms with Crippen LogP contribution in [0.5, 0.6) is 11.5 Å². The summed E-state index contributed by atoms with van der Waals surface area (Å²) in [6, 6.07) is 13.6. The van der Waals surface area contributed by atoms with E-state index in [9.17, 15) is 4.79 Å². The number of hydrogen-bond acceptors (Lipinski definition) is 4. The standard InChI is InChI=1S/C21H20O4/c1-4-13-24-21(22)12-10-17-9-11-19(20(14-17)23-3)25-15-18-7-5-16(2)6-8-18/h1,5-12,14H,13,15H2,2-3H3/b12-10+. The quantitative estimate of drug-likeness (QED) is 0.439. The molecule has 25 heavy (non-hydrogen) atoms. The average molecular weight is 336 g/mol. The van der Waals surface area contributed by atoms with E-state index in [0.29, 0.717) is 18.1 Å². The van der Waals surface area contributed by atoms with Crippen molar-refractivity contribution in [2.45, 2.75) is 13.5 Å². The molecule has 0 saturated heterocycles. The highest BCUT2D eigenvalue weighted by molar-refractivity contribution is 5.87. The van der Waals surface area contributed by atoms with Crippen molar-refractivity contribution < 1.29 is 19.0 Å². The van der Waals surface area contributed by atoms with Gasteiger partial charge in [0.05, 0.1) is 7.11 Å². The van der Waals surface area contributed by atoms with Gasteiger partial charge in [0.1, 0.15) is 6.61 Å². The smallest absolute Gasteiger partial charge is 0.331 e. The zero-order valence-corrected chi connectivity index (χ0v) is 14.3. The fourth-order valence-corrected chi connectivity index (χ4v) is 2.08. The molecule has 4 nitrogen and oxygen atoms in total. The molecule has 0 spiro atoms. The predicted molar refractivity (Wildman–Crippen MR) is 97.3 cm³/mol. The highest BCUT2D eigenvalue weighted by Gasteiger charge is 2.06. The zero-order valence-electron chi connectivity index (χ0n) is 14.3. The maximum Gasteiger partial charge on any atom is 0.331 e. The van der Waals surface area contributed by atoms with Gasteiger partial charge in [0.2, 0.25) is 0 Å². The second-order valence-electron chi connectivity index (χ2n) is 5.33. The minimum absolute atomic E-state index is 0.0434. The summed E-state index contributed by atoms with van der Waals surface area (Å²) in [5, 5.41) is 0. The van der Waals surface area contributed by atoms with E-state index in [0.717, 1.165) is 11.1 Å². The van der Waals surface area contributed by atoms with Gasteiger partial charge in [-0.2, -0.15) is 0 Å². The Kier molecular flexibility index (Phi) is 6.67. The van der Waals surface area contributed by atoms with Crippen molar-refractivity contribution in [2.75, 3.05) is 13.7 Å². The van der Waals surface area contributed by atoms with E-state index in [-0.39, 0.29) is 6.61 Å². The molecule has 2 aromatic carbocycles. The molecular formula is C21H20O4. The molecule has 0 aliphatic heterocycles. The molecule has 0 heterocycles. The first-order chi connectivity index (χ1) is 12.1. The number of hydrogen-bond donors (Lipinski definition) is 0. The Morgan fingerprint density at radius 3 is 2.60 bits per heavy atom. The first-order valence-electron chi connectivity index (χ1n) is 7.77. The van der Waals surface area contributed by atoms with Gasteiger partial charge in [0.15, 0.2) is 18.1 Å². The van der Waals surface area contributed by atoms with Gasteiger partial charge in [-0.25, -0.2) is 4.79 Å². The van der Waals surface area contributed by atoms with Gasteiger partial charge in [-0.05, 0) is 36.3 Å². The molecule has 0 N–H and O–H groups in total. The molecule has 0 fully saturated rings. The van der Waals surface area contributed by atoms with Gasteiger partial charge in [0, 0.05) is 6.08 Å². The number of terminal acetylenes is 1. The molecule has 0 saturated carbocycles. The molecule has 0 aliphatic carbocycles. The van der Waals surface area contributed by atoms with E-state index in [1.165, 1.54) is 11.6 Å². The summed E-state index contributed by atoms with van der Waals surface area (Å²) in [7, 11) is 1.57. The van der Waals surface area contributed by atoms with Crippen molar-refractivity contribution in [1.29, 1.82) is 0 Å². The Morgan fingerprint density at radius 2 is 1.92 bits per heavy atom. The number of rotatable bonds is 7. The molecule has 4 heteroatoms. The molecule has 0 unspecified atom stereocenters. The van der Waals surface area contributed by atoms with Crippen LogP contribution in [0.25, 0.3) is 6.08 Å². The zero-order chi connectivity index (χ0) is 18.1. The minimum Gasteiger partial charge on any atom is -0.493 e. The monoisotopic (exact) mass is 336 g/mol. The largest absolute Gasteiger partial charge is 0.493 e. The minimum atomic E-state index is -0.489. The van der Waals surface area contributed by atoms with E-state index >= 15 is 0 Å². The van der Waals surface area contributed by atoms with E-state index in [2.05, 4.69) is 5.92 Å². The van der Waals surface area contributed by atoms with Gasteiger partial charge >= 0.3 is 5.97 Å². The summed E-state index contributed by atoms with van der Waals surface area (Å²) in [5.41, 5.74) is 3.07. The number of carbonyl (C=O) groups excluding carboxylic acids is 1. The van der Waals surface area contributed by atoms with E-state index in [4.69, 9.17) is 20.6 Å². The lowest BCUT2D eigenvalue weighted by Gasteiger charge is -2.11. The number of carbonyl (C=O) groups is 1. The van der Waals surface area contributed by atoms with Crippen molar-refractivity contribution in [3.05, 3.63) is 65.2 Å². The lowest BCUT2D eigenvalue weighted by atomic mass is 10.1. The second kappa shape index (κ2) is 9.19. The van der Waals surface area contributed by atoms with Crippen LogP contribution in [0.3, 0.4) is 0 Å². The first-order valence-corrected chi connectivity index (χ1v) is 7.77. The highest BCUT2D eigenvalue weighted by atomic mass is 16.5. The molecule has 0 aliphatic rings. The third kappa shape index (κ3) is 5.74. The van der Waals surface area contributed by atoms with Crippen molar-refractivity contribution in [1.82, 2.24) is 0 Å². The number of ether oxygens (including phenoxy) is 3. The summed E-state index contributed by atoms with van der Waals surface area (Å²) in [6.45, 7) is 2.45.